The highest BCUT2D eigenvalue weighted by atomic mass is 32.2. The minimum Gasteiger partial charge on any atom is -0.494 e. The summed E-state index contributed by atoms with van der Waals surface area (Å²) in [6, 6.07) is 17.5. The van der Waals surface area contributed by atoms with Gasteiger partial charge in [-0.3, -0.25) is 14.5 Å². The molecule has 1 N–H and O–H groups in total. The van der Waals surface area contributed by atoms with Gasteiger partial charge in [0.1, 0.15) is 10.1 Å². The first-order valence-corrected chi connectivity index (χ1v) is 11.1. The molecule has 30 heavy (non-hydrogen) atoms. The molecule has 1 heterocycles. The Hall–Kier alpha value is -2.64. The van der Waals surface area contributed by atoms with E-state index in [0.717, 1.165) is 17.7 Å². The molecule has 1 fully saturated rings. The molecular weight excluding hydrogens is 416 g/mol. The molecule has 7 heteroatoms. The first kappa shape index (κ1) is 22.1. The molecule has 0 unspecified atom stereocenters. The van der Waals surface area contributed by atoms with Crippen molar-refractivity contribution in [3.8, 4) is 5.75 Å². The number of rotatable bonds is 9. The summed E-state index contributed by atoms with van der Waals surface area (Å²) in [6.45, 7) is 3.39. The molecule has 0 aromatic heterocycles. The van der Waals surface area contributed by atoms with Gasteiger partial charge >= 0.3 is 0 Å². The van der Waals surface area contributed by atoms with Crippen LogP contribution in [0, 0.1) is 0 Å². The van der Waals surface area contributed by atoms with Gasteiger partial charge in [-0.15, -0.1) is 0 Å². The summed E-state index contributed by atoms with van der Waals surface area (Å²) >= 11 is 6.61. The van der Waals surface area contributed by atoms with E-state index in [2.05, 4.69) is 5.32 Å². The molecule has 0 spiro atoms. The maximum Gasteiger partial charge on any atom is 0.266 e. The van der Waals surface area contributed by atoms with E-state index in [0.29, 0.717) is 22.4 Å². The van der Waals surface area contributed by atoms with Crippen LogP contribution in [0.4, 0.5) is 0 Å². The number of hydrogen-bond acceptors (Lipinski definition) is 5. The van der Waals surface area contributed by atoms with E-state index in [-0.39, 0.29) is 24.8 Å². The molecule has 0 aliphatic carbocycles. The summed E-state index contributed by atoms with van der Waals surface area (Å²) in [4.78, 5) is 26.9. The number of hydrogen-bond donors (Lipinski definition) is 1. The van der Waals surface area contributed by atoms with Crippen LogP contribution in [0.25, 0.3) is 6.08 Å². The highest BCUT2D eigenvalue weighted by Crippen LogP contribution is 2.32. The standard InChI is InChI=1S/C23H24N2O3S2/c1-2-28-19-10-8-18(9-11-19)16-20-22(27)25(23(29)30-20)15-13-21(26)24-14-12-17-6-4-3-5-7-17/h3-11,16H,2,12-15H2,1H3,(H,24,26)/b20-16-. The second kappa shape index (κ2) is 10.9. The third-order valence-corrected chi connectivity index (χ3v) is 5.88. The van der Waals surface area contributed by atoms with Crippen molar-refractivity contribution in [1.29, 1.82) is 0 Å². The zero-order valence-electron chi connectivity index (χ0n) is 16.8. The topological polar surface area (TPSA) is 58.6 Å². The van der Waals surface area contributed by atoms with Gasteiger partial charge < -0.3 is 10.1 Å². The summed E-state index contributed by atoms with van der Waals surface area (Å²) in [5.41, 5.74) is 2.08. The smallest absolute Gasteiger partial charge is 0.266 e. The molecular formula is C23H24N2O3S2. The van der Waals surface area contributed by atoms with Crippen LogP contribution in [0.15, 0.2) is 59.5 Å². The van der Waals surface area contributed by atoms with Gasteiger partial charge in [0.15, 0.2) is 0 Å². The highest BCUT2D eigenvalue weighted by molar-refractivity contribution is 8.26. The summed E-state index contributed by atoms with van der Waals surface area (Å²) in [5.74, 6) is 0.548. The van der Waals surface area contributed by atoms with Crippen molar-refractivity contribution in [3.63, 3.8) is 0 Å². The lowest BCUT2D eigenvalue weighted by atomic mass is 10.1. The number of ether oxygens (including phenoxy) is 1. The lowest BCUT2D eigenvalue weighted by molar-refractivity contribution is -0.123. The van der Waals surface area contributed by atoms with Crippen molar-refractivity contribution in [2.45, 2.75) is 19.8 Å². The normalized spacial score (nSPS) is 15.0. The zero-order chi connectivity index (χ0) is 21.3. The van der Waals surface area contributed by atoms with E-state index in [1.807, 2.05) is 67.6 Å². The SMILES string of the molecule is CCOc1ccc(/C=C2\SC(=S)N(CCC(=O)NCCc3ccccc3)C2=O)cc1. The Morgan fingerprint density at radius 2 is 1.90 bits per heavy atom. The van der Waals surface area contributed by atoms with Crippen LogP contribution >= 0.6 is 24.0 Å². The molecule has 0 bridgehead atoms. The maximum absolute atomic E-state index is 12.7. The van der Waals surface area contributed by atoms with Gasteiger partial charge in [0.2, 0.25) is 5.91 Å². The van der Waals surface area contributed by atoms with Gasteiger partial charge in [-0.25, -0.2) is 0 Å². The summed E-state index contributed by atoms with van der Waals surface area (Å²) in [5, 5.41) is 2.90. The first-order valence-electron chi connectivity index (χ1n) is 9.85. The fourth-order valence-corrected chi connectivity index (χ4v) is 4.27. The van der Waals surface area contributed by atoms with E-state index in [1.54, 1.807) is 0 Å². The molecule has 1 aliphatic rings. The number of nitrogens with zero attached hydrogens (tertiary/aromatic N) is 1. The Morgan fingerprint density at radius 1 is 1.17 bits per heavy atom. The first-order chi connectivity index (χ1) is 14.6. The number of thioether (sulfide) groups is 1. The lowest BCUT2D eigenvalue weighted by Gasteiger charge is -2.14. The number of nitrogens with one attached hydrogen (secondary N) is 1. The zero-order valence-corrected chi connectivity index (χ0v) is 18.4. The van der Waals surface area contributed by atoms with Crippen LogP contribution in [-0.2, 0) is 16.0 Å². The number of carbonyl (C=O) groups excluding carboxylic acids is 2. The van der Waals surface area contributed by atoms with Crippen molar-refractivity contribution in [2.75, 3.05) is 19.7 Å². The third-order valence-electron chi connectivity index (χ3n) is 4.50. The average Bonchev–Trinajstić information content (AvgIpc) is 3.01. The van der Waals surface area contributed by atoms with Crippen LogP contribution in [0.5, 0.6) is 5.75 Å². The van der Waals surface area contributed by atoms with E-state index in [4.69, 9.17) is 17.0 Å². The largest absolute Gasteiger partial charge is 0.494 e. The van der Waals surface area contributed by atoms with Gasteiger partial charge in [-0.2, -0.15) is 0 Å². The monoisotopic (exact) mass is 440 g/mol. The van der Waals surface area contributed by atoms with Crippen LogP contribution in [0.1, 0.15) is 24.5 Å². The minimum absolute atomic E-state index is 0.0875. The van der Waals surface area contributed by atoms with E-state index in [9.17, 15) is 9.59 Å². The van der Waals surface area contributed by atoms with Crippen molar-refractivity contribution in [1.82, 2.24) is 10.2 Å². The summed E-state index contributed by atoms with van der Waals surface area (Å²) in [6.07, 6.45) is 2.81. The van der Waals surface area contributed by atoms with Crippen LogP contribution in [0.2, 0.25) is 0 Å². The van der Waals surface area contributed by atoms with E-state index >= 15 is 0 Å². The van der Waals surface area contributed by atoms with Crippen LogP contribution in [0.3, 0.4) is 0 Å². The number of thiocarbonyl (C=S) groups is 1. The second-order valence-electron chi connectivity index (χ2n) is 6.67. The summed E-state index contributed by atoms with van der Waals surface area (Å²) < 4.78 is 5.91. The Bertz CT molecular complexity index is 927. The van der Waals surface area contributed by atoms with E-state index in [1.165, 1.54) is 22.2 Å². The minimum atomic E-state index is -0.157. The molecule has 156 valence electrons. The highest BCUT2D eigenvalue weighted by Gasteiger charge is 2.32. The van der Waals surface area contributed by atoms with Crippen LogP contribution in [-0.4, -0.2) is 40.7 Å². The fourth-order valence-electron chi connectivity index (χ4n) is 2.96. The van der Waals surface area contributed by atoms with E-state index < -0.39 is 0 Å². The van der Waals surface area contributed by atoms with Crippen LogP contribution < -0.4 is 10.1 Å². The Kier molecular flexibility index (Phi) is 8.04. The molecule has 0 saturated carbocycles. The van der Waals surface area contributed by atoms with Crippen molar-refractivity contribution >= 4 is 46.2 Å². The van der Waals surface area contributed by atoms with Gasteiger partial charge in [-0.1, -0.05) is 66.4 Å². The molecule has 1 saturated heterocycles. The molecule has 0 atom stereocenters. The van der Waals surface area contributed by atoms with Gasteiger partial charge in [0, 0.05) is 19.5 Å². The molecule has 2 aromatic rings. The Labute approximate surface area is 186 Å². The lowest BCUT2D eigenvalue weighted by Crippen LogP contribution is -2.34. The van der Waals surface area contributed by atoms with Crippen molar-refractivity contribution in [2.24, 2.45) is 0 Å². The molecule has 1 aliphatic heterocycles. The fraction of sp³-hybridized carbons (Fsp3) is 0.261. The number of amides is 2. The van der Waals surface area contributed by atoms with Gasteiger partial charge in [-0.05, 0) is 42.7 Å². The van der Waals surface area contributed by atoms with Crippen molar-refractivity contribution in [3.05, 3.63) is 70.6 Å². The maximum atomic E-state index is 12.7. The molecule has 3 rings (SSSR count). The Balaban J connectivity index is 1.49. The van der Waals surface area contributed by atoms with Gasteiger partial charge in [0.05, 0.1) is 11.5 Å². The third kappa shape index (κ3) is 6.18. The average molecular weight is 441 g/mol. The summed E-state index contributed by atoms with van der Waals surface area (Å²) in [7, 11) is 0. The van der Waals surface area contributed by atoms with Gasteiger partial charge in [0.25, 0.3) is 5.91 Å². The molecule has 0 radical (unpaired) electrons. The molecule has 2 aromatic carbocycles. The predicted octanol–water partition coefficient (Wildman–Crippen LogP) is 4.04. The molecule has 2 amide bonds. The second-order valence-corrected chi connectivity index (χ2v) is 8.35. The quantitative estimate of drug-likeness (QED) is 0.471. The predicted molar refractivity (Wildman–Crippen MR) is 125 cm³/mol. The van der Waals surface area contributed by atoms with Crippen molar-refractivity contribution < 1.29 is 14.3 Å². The Morgan fingerprint density at radius 3 is 2.60 bits per heavy atom. The molecule has 5 nitrogen and oxygen atoms in total. The number of carbonyl (C=O) groups is 2. The number of benzene rings is 2.